The third-order valence-electron chi connectivity index (χ3n) is 5.16. The zero-order chi connectivity index (χ0) is 21.4. The fourth-order valence-corrected chi connectivity index (χ4v) is 5.24. The number of nitriles is 1. The Morgan fingerprint density at radius 1 is 1.33 bits per heavy atom. The maximum Gasteiger partial charge on any atom is 0.229 e. The molecule has 4 rings (SSSR count). The van der Waals surface area contributed by atoms with Gasteiger partial charge in [0.2, 0.25) is 5.91 Å². The molecule has 1 amide bonds. The van der Waals surface area contributed by atoms with Gasteiger partial charge in [0.05, 0.1) is 40.8 Å². The number of carbonyl (C=O) groups excluding carboxylic acids is 1. The minimum atomic E-state index is -0.426. The highest BCUT2D eigenvalue weighted by Gasteiger charge is 2.38. The number of amides is 1. The topological polar surface area (TPSA) is 76.8 Å². The van der Waals surface area contributed by atoms with Gasteiger partial charge in [-0.15, -0.1) is 0 Å². The molecule has 0 saturated carbocycles. The van der Waals surface area contributed by atoms with Crippen LogP contribution in [0.1, 0.15) is 17.9 Å². The molecule has 0 radical (unpaired) electrons. The number of benzene rings is 2. The standard InChI is InChI=1S/C21H17BrFN3O3S/c1-29-18-7-12(6-17(22)20(18)28)15-8-19(27)26-10-25(11-30-21(26)16(15)9-24)14-4-2-13(23)3-5-14/h2-7,15,28H,8,10-11H2,1H3. The summed E-state index contributed by atoms with van der Waals surface area (Å²) in [7, 11) is 1.45. The van der Waals surface area contributed by atoms with E-state index in [1.165, 1.54) is 31.0 Å². The number of aromatic hydroxyl groups is 1. The smallest absolute Gasteiger partial charge is 0.229 e. The minimum Gasteiger partial charge on any atom is -0.503 e. The van der Waals surface area contributed by atoms with Gasteiger partial charge < -0.3 is 14.7 Å². The van der Waals surface area contributed by atoms with Crippen LogP contribution in [0.3, 0.4) is 0 Å². The first-order valence-corrected chi connectivity index (χ1v) is 10.8. The highest BCUT2D eigenvalue weighted by molar-refractivity contribution is 9.10. The van der Waals surface area contributed by atoms with Crippen LogP contribution >= 0.6 is 27.7 Å². The van der Waals surface area contributed by atoms with E-state index < -0.39 is 5.92 Å². The van der Waals surface area contributed by atoms with Crippen LogP contribution in [0.5, 0.6) is 11.5 Å². The van der Waals surface area contributed by atoms with Crippen LogP contribution < -0.4 is 9.64 Å². The van der Waals surface area contributed by atoms with E-state index in [0.717, 1.165) is 11.3 Å². The number of nitrogens with zero attached hydrogens (tertiary/aromatic N) is 3. The van der Waals surface area contributed by atoms with Gasteiger partial charge in [0.1, 0.15) is 5.82 Å². The summed E-state index contributed by atoms with van der Waals surface area (Å²) < 4.78 is 18.9. The first-order valence-electron chi connectivity index (χ1n) is 9.07. The van der Waals surface area contributed by atoms with Crippen LogP contribution in [0.2, 0.25) is 0 Å². The van der Waals surface area contributed by atoms with Gasteiger partial charge in [-0.3, -0.25) is 9.69 Å². The van der Waals surface area contributed by atoms with Crippen molar-refractivity contribution in [3.63, 3.8) is 0 Å². The number of phenols is 1. The average molecular weight is 490 g/mol. The highest BCUT2D eigenvalue weighted by Crippen LogP contribution is 2.46. The summed E-state index contributed by atoms with van der Waals surface area (Å²) in [6.45, 7) is 0.299. The molecule has 6 nitrogen and oxygen atoms in total. The fourth-order valence-electron chi connectivity index (χ4n) is 3.61. The molecule has 30 heavy (non-hydrogen) atoms. The van der Waals surface area contributed by atoms with Crippen LogP contribution in [0, 0.1) is 17.1 Å². The van der Waals surface area contributed by atoms with Crippen LogP contribution in [-0.4, -0.2) is 35.6 Å². The number of methoxy groups -OCH3 is 1. The number of allylic oxidation sites excluding steroid dienone is 1. The summed E-state index contributed by atoms with van der Waals surface area (Å²) in [5, 5.41) is 20.6. The molecular formula is C21H17BrFN3O3S. The summed E-state index contributed by atoms with van der Waals surface area (Å²) >= 11 is 4.71. The van der Waals surface area contributed by atoms with E-state index in [0.29, 0.717) is 27.6 Å². The Bertz CT molecular complexity index is 1080. The monoisotopic (exact) mass is 489 g/mol. The number of fused-ring (bicyclic) bond motifs is 1. The van der Waals surface area contributed by atoms with Gasteiger partial charge in [0.25, 0.3) is 0 Å². The van der Waals surface area contributed by atoms with E-state index in [9.17, 15) is 19.6 Å². The first-order chi connectivity index (χ1) is 14.4. The van der Waals surface area contributed by atoms with Gasteiger partial charge in [-0.25, -0.2) is 4.39 Å². The maximum atomic E-state index is 13.2. The second-order valence-electron chi connectivity index (χ2n) is 6.89. The molecule has 0 aliphatic carbocycles. The molecule has 2 aromatic rings. The molecule has 2 aliphatic rings. The largest absolute Gasteiger partial charge is 0.503 e. The van der Waals surface area contributed by atoms with E-state index in [1.54, 1.807) is 29.2 Å². The van der Waals surface area contributed by atoms with Gasteiger partial charge in [-0.2, -0.15) is 5.26 Å². The summed E-state index contributed by atoms with van der Waals surface area (Å²) in [6.07, 6.45) is 0.130. The fraction of sp³-hybridized carbons (Fsp3) is 0.238. The van der Waals surface area contributed by atoms with Crippen molar-refractivity contribution in [2.24, 2.45) is 0 Å². The second kappa shape index (κ2) is 8.20. The molecule has 0 bridgehead atoms. The molecule has 154 valence electrons. The van der Waals surface area contributed by atoms with Crippen molar-refractivity contribution < 1.29 is 19.0 Å². The van der Waals surface area contributed by atoms with Gasteiger partial charge in [-0.05, 0) is 57.9 Å². The Balaban J connectivity index is 1.69. The maximum absolute atomic E-state index is 13.2. The Labute approximate surface area is 185 Å². The van der Waals surface area contributed by atoms with Crippen molar-refractivity contribution in [2.75, 3.05) is 24.6 Å². The Morgan fingerprint density at radius 3 is 2.73 bits per heavy atom. The van der Waals surface area contributed by atoms with Crippen molar-refractivity contribution >= 4 is 39.3 Å². The molecule has 1 fully saturated rings. The van der Waals surface area contributed by atoms with Gasteiger partial charge in [0.15, 0.2) is 11.5 Å². The third kappa shape index (κ3) is 3.61. The van der Waals surface area contributed by atoms with Crippen molar-refractivity contribution in [1.82, 2.24) is 4.90 Å². The van der Waals surface area contributed by atoms with Gasteiger partial charge >= 0.3 is 0 Å². The third-order valence-corrected chi connectivity index (χ3v) is 6.92. The Kier molecular flexibility index (Phi) is 5.62. The lowest BCUT2D eigenvalue weighted by Gasteiger charge is -2.42. The van der Waals surface area contributed by atoms with E-state index in [1.807, 2.05) is 4.90 Å². The van der Waals surface area contributed by atoms with Gasteiger partial charge in [0, 0.05) is 18.0 Å². The van der Waals surface area contributed by atoms with Crippen molar-refractivity contribution in [3.05, 3.63) is 62.9 Å². The summed E-state index contributed by atoms with van der Waals surface area (Å²) in [5.41, 5.74) is 2.04. The SMILES string of the molecule is COc1cc(C2CC(=O)N3CN(c4ccc(F)cc4)CSC3=C2C#N)cc(Br)c1O. The molecular weight excluding hydrogens is 473 g/mol. The molecule has 1 unspecified atom stereocenters. The Morgan fingerprint density at radius 2 is 2.07 bits per heavy atom. The zero-order valence-corrected chi connectivity index (χ0v) is 18.3. The molecule has 2 heterocycles. The molecule has 0 spiro atoms. The normalized spacial score (nSPS) is 18.9. The molecule has 1 N–H and O–H groups in total. The Hall–Kier alpha value is -2.70. The summed E-state index contributed by atoms with van der Waals surface area (Å²) in [4.78, 5) is 16.6. The number of thioether (sulfide) groups is 1. The number of phenolic OH excluding ortho intramolecular Hbond substituents is 1. The molecule has 0 aromatic heterocycles. The molecule has 1 saturated heterocycles. The number of hydrogen-bond donors (Lipinski definition) is 1. The lowest BCUT2D eigenvalue weighted by molar-refractivity contribution is -0.129. The summed E-state index contributed by atoms with van der Waals surface area (Å²) in [6, 6.07) is 11.8. The van der Waals surface area contributed by atoms with E-state index >= 15 is 0 Å². The molecule has 1 atom stereocenters. The predicted octanol–water partition coefficient (Wildman–Crippen LogP) is 4.52. The predicted molar refractivity (Wildman–Crippen MR) is 115 cm³/mol. The second-order valence-corrected chi connectivity index (χ2v) is 8.68. The van der Waals surface area contributed by atoms with Gasteiger partial charge in [-0.1, -0.05) is 11.8 Å². The number of carbonyl (C=O) groups is 1. The van der Waals surface area contributed by atoms with Crippen molar-refractivity contribution in [2.45, 2.75) is 12.3 Å². The average Bonchev–Trinajstić information content (AvgIpc) is 2.76. The van der Waals surface area contributed by atoms with E-state index in [4.69, 9.17) is 4.74 Å². The van der Waals surface area contributed by atoms with Crippen molar-refractivity contribution in [1.29, 1.82) is 5.26 Å². The number of rotatable bonds is 3. The molecule has 9 heteroatoms. The van der Waals surface area contributed by atoms with Crippen LogP contribution in [0.25, 0.3) is 0 Å². The quantitative estimate of drug-likeness (QED) is 0.682. The molecule has 2 aromatic carbocycles. The number of hydrogen-bond acceptors (Lipinski definition) is 6. The zero-order valence-electron chi connectivity index (χ0n) is 15.9. The van der Waals surface area contributed by atoms with E-state index in [-0.39, 0.29) is 29.6 Å². The minimum absolute atomic E-state index is 0.0295. The summed E-state index contributed by atoms with van der Waals surface area (Å²) in [5.74, 6) is -0.0665. The van der Waals surface area contributed by atoms with Crippen molar-refractivity contribution in [3.8, 4) is 17.6 Å². The van der Waals surface area contributed by atoms with Crippen LogP contribution in [0.4, 0.5) is 10.1 Å². The first kappa shape index (κ1) is 20.6. The molecule has 2 aliphatic heterocycles. The number of anilines is 1. The van der Waals surface area contributed by atoms with E-state index in [2.05, 4.69) is 22.0 Å². The van der Waals surface area contributed by atoms with Crippen LogP contribution in [0.15, 0.2) is 51.5 Å². The lowest BCUT2D eigenvalue weighted by Crippen LogP contribution is -2.47. The number of ether oxygens (including phenoxy) is 1. The number of halogens is 2. The van der Waals surface area contributed by atoms with Crippen LogP contribution in [-0.2, 0) is 4.79 Å². The lowest BCUT2D eigenvalue weighted by atomic mass is 9.86. The highest BCUT2D eigenvalue weighted by atomic mass is 79.9.